The Hall–Kier alpha value is -0.880. The summed E-state index contributed by atoms with van der Waals surface area (Å²) in [5.74, 6) is -1.08. The van der Waals surface area contributed by atoms with E-state index in [1.54, 1.807) is 0 Å². The molecule has 0 amide bonds. The highest BCUT2D eigenvalue weighted by atomic mass is 31.2. The van der Waals surface area contributed by atoms with Gasteiger partial charge in [-0.1, -0.05) is 155 Å². The second-order valence-electron chi connectivity index (χ2n) is 13.5. The van der Waals surface area contributed by atoms with E-state index >= 15 is 0 Å². The maximum Gasteiger partial charge on any atom is 0.306 e. The first-order chi connectivity index (χ1) is 24.4. The van der Waals surface area contributed by atoms with Gasteiger partial charge in [0.05, 0.1) is 27.6 Å². The van der Waals surface area contributed by atoms with Crippen molar-refractivity contribution < 1.29 is 61.6 Å². The summed E-state index contributed by atoms with van der Waals surface area (Å²) in [6.45, 7) is 1.35. The van der Waals surface area contributed by atoms with Crippen molar-refractivity contribution in [2.45, 2.75) is 193 Å². The smallest absolute Gasteiger partial charge is 0.306 e. The fraction of sp³-hybridized carbons (Fsp3) is 0.944. The van der Waals surface area contributed by atoms with E-state index in [-0.39, 0.29) is 12.8 Å². The van der Waals surface area contributed by atoms with E-state index in [0.29, 0.717) is 12.8 Å². The monoisotopic (exact) mass is 771 g/mol. The maximum absolute atomic E-state index is 12.5. The van der Waals surface area contributed by atoms with E-state index < -0.39 is 66.2 Å². The lowest BCUT2D eigenvalue weighted by molar-refractivity contribution is -0.342. The summed E-state index contributed by atoms with van der Waals surface area (Å²) in [4.78, 5) is 58.2. The van der Waals surface area contributed by atoms with Crippen molar-refractivity contribution in [1.29, 1.82) is 0 Å². The zero-order valence-electron chi connectivity index (χ0n) is 31.6. The lowest BCUT2D eigenvalue weighted by Gasteiger charge is -2.30. The molecule has 0 aromatic rings. The van der Waals surface area contributed by atoms with E-state index in [4.69, 9.17) is 14.0 Å². The number of aliphatic hydroxyl groups excluding tert-OH is 1. The maximum atomic E-state index is 12.5. The standard InChI is InChI=1S/C36H72O13P2/c1-3-5-7-9-11-13-15-16-18-19-21-23-25-27-35(38)45-31-34(32-48-51(43,44)47-30-33(37)29-46-50(40,41)42)49-36(39)28-26-24-22-20-17-14-12-10-8-6-4-2/h33-34,37H,3-32H2,1-2H3,(H,43,44)(H2,40,41,42)/p-3/t33-,34+/m0/s1. The summed E-state index contributed by atoms with van der Waals surface area (Å²) in [7, 11) is -10.4. The van der Waals surface area contributed by atoms with Gasteiger partial charge in [0.2, 0.25) is 0 Å². The van der Waals surface area contributed by atoms with E-state index in [2.05, 4.69) is 22.9 Å². The zero-order chi connectivity index (χ0) is 38.1. The highest BCUT2D eigenvalue weighted by Crippen LogP contribution is 2.38. The molecule has 15 heteroatoms. The zero-order valence-corrected chi connectivity index (χ0v) is 33.4. The van der Waals surface area contributed by atoms with Crippen LogP contribution in [0.3, 0.4) is 0 Å². The van der Waals surface area contributed by atoms with E-state index in [0.717, 1.165) is 38.5 Å². The van der Waals surface area contributed by atoms with Crippen molar-refractivity contribution >= 4 is 27.6 Å². The van der Waals surface area contributed by atoms with Crippen LogP contribution in [0.5, 0.6) is 0 Å². The normalized spacial score (nSPS) is 14.2. The molecule has 0 aliphatic carbocycles. The molecule has 3 atom stereocenters. The molecule has 304 valence electrons. The van der Waals surface area contributed by atoms with Crippen molar-refractivity contribution in [3.63, 3.8) is 0 Å². The molecule has 0 aromatic heterocycles. The van der Waals surface area contributed by atoms with Gasteiger partial charge in [0.1, 0.15) is 12.7 Å². The number of phosphoric ester groups is 2. The topological polar surface area (TPSA) is 204 Å². The third kappa shape index (κ3) is 37.2. The summed E-state index contributed by atoms with van der Waals surface area (Å²) in [6, 6.07) is 0. The Kier molecular flexibility index (Phi) is 33.1. The molecule has 0 saturated carbocycles. The third-order valence-corrected chi connectivity index (χ3v) is 9.86. The van der Waals surface area contributed by atoms with Crippen LogP contribution in [-0.2, 0) is 41.8 Å². The van der Waals surface area contributed by atoms with Gasteiger partial charge < -0.3 is 47.4 Å². The van der Waals surface area contributed by atoms with Crippen LogP contribution in [0.2, 0.25) is 0 Å². The van der Waals surface area contributed by atoms with Crippen molar-refractivity contribution in [2.75, 3.05) is 26.4 Å². The molecule has 1 unspecified atom stereocenters. The van der Waals surface area contributed by atoms with E-state index in [1.165, 1.54) is 103 Å². The molecule has 13 nitrogen and oxygen atoms in total. The van der Waals surface area contributed by atoms with Crippen LogP contribution < -0.4 is 14.7 Å². The molecule has 0 rings (SSSR count). The highest BCUT2D eigenvalue weighted by molar-refractivity contribution is 7.45. The number of rotatable bonds is 38. The van der Waals surface area contributed by atoms with Crippen LogP contribution >= 0.6 is 15.6 Å². The number of aliphatic hydroxyl groups is 1. The van der Waals surface area contributed by atoms with Gasteiger partial charge in [0.25, 0.3) is 7.82 Å². The molecule has 0 bridgehead atoms. The van der Waals surface area contributed by atoms with Crippen molar-refractivity contribution in [3.8, 4) is 0 Å². The van der Waals surface area contributed by atoms with Crippen molar-refractivity contribution in [2.24, 2.45) is 0 Å². The van der Waals surface area contributed by atoms with E-state index in [9.17, 15) is 38.5 Å². The minimum Gasteiger partial charge on any atom is -0.790 e. The van der Waals surface area contributed by atoms with Gasteiger partial charge in [-0.3, -0.25) is 14.2 Å². The molecule has 51 heavy (non-hydrogen) atoms. The Morgan fingerprint density at radius 2 is 0.863 bits per heavy atom. The van der Waals surface area contributed by atoms with Crippen LogP contribution in [0.25, 0.3) is 0 Å². The summed E-state index contributed by atoms with van der Waals surface area (Å²) < 4.78 is 46.6. The molecular formula is C36H69O13P2-3. The Morgan fingerprint density at radius 1 is 0.510 bits per heavy atom. The molecule has 0 fully saturated rings. The number of unbranched alkanes of at least 4 members (excludes halogenated alkanes) is 22. The number of ether oxygens (including phenoxy) is 2. The number of hydrogen-bond acceptors (Lipinski definition) is 13. The van der Waals surface area contributed by atoms with Gasteiger partial charge in [-0.15, -0.1) is 0 Å². The highest BCUT2D eigenvalue weighted by Gasteiger charge is 2.22. The molecule has 0 radical (unpaired) electrons. The summed E-state index contributed by atoms with van der Waals surface area (Å²) in [5.41, 5.74) is 0. The van der Waals surface area contributed by atoms with Crippen LogP contribution in [0.15, 0.2) is 0 Å². The average Bonchev–Trinajstić information content (AvgIpc) is 3.08. The molecule has 0 aromatic carbocycles. The Balaban J connectivity index is 4.53. The Morgan fingerprint density at radius 3 is 1.27 bits per heavy atom. The summed E-state index contributed by atoms with van der Waals surface area (Å²) in [6.07, 6.45) is 24.9. The third-order valence-electron chi connectivity index (χ3n) is 8.47. The quantitative estimate of drug-likeness (QED) is 0.0371. The van der Waals surface area contributed by atoms with Gasteiger partial charge >= 0.3 is 11.9 Å². The molecule has 0 aliphatic rings. The van der Waals surface area contributed by atoms with Gasteiger partial charge in [-0.25, -0.2) is 0 Å². The first-order valence-corrected chi connectivity index (χ1v) is 22.6. The predicted molar refractivity (Wildman–Crippen MR) is 191 cm³/mol. The number of carbonyl (C=O) groups excluding carboxylic acids is 2. The second kappa shape index (κ2) is 33.7. The van der Waals surface area contributed by atoms with Crippen LogP contribution in [0.1, 0.15) is 181 Å². The van der Waals surface area contributed by atoms with Gasteiger partial charge in [0, 0.05) is 12.8 Å². The molecule has 0 aliphatic heterocycles. The van der Waals surface area contributed by atoms with Crippen molar-refractivity contribution in [1.82, 2.24) is 0 Å². The largest absolute Gasteiger partial charge is 0.790 e. The summed E-state index contributed by atoms with van der Waals surface area (Å²) in [5, 5.41) is 9.62. The molecule has 1 N–H and O–H groups in total. The SMILES string of the molecule is CCCCCCCCCCCCCCCC(=O)OC[C@H](COP(=O)([O-])OC[C@@H](O)COP(=O)([O-])[O-])OC(=O)CCCCCCCCCCCCC. The average molecular weight is 772 g/mol. The minimum absolute atomic E-state index is 0.113. The van der Waals surface area contributed by atoms with Gasteiger partial charge in [-0.2, -0.15) is 0 Å². The molecular weight excluding hydrogens is 702 g/mol. The molecule has 0 heterocycles. The summed E-state index contributed by atoms with van der Waals surface area (Å²) >= 11 is 0. The minimum atomic E-state index is -5.37. The number of phosphoric acid groups is 2. The Bertz CT molecular complexity index is 931. The first-order valence-electron chi connectivity index (χ1n) is 19.7. The lowest BCUT2D eigenvalue weighted by atomic mass is 10.0. The predicted octanol–water partition coefficient (Wildman–Crippen LogP) is 7.33. The molecule has 0 saturated heterocycles. The van der Waals surface area contributed by atoms with Crippen molar-refractivity contribution in [3.05, 3.63) is 0 Å². The Labute approximate surface area is 308 Å². The lowest BCUT2D eigenvalue weighted by Crippen LogP contribution is -2.31. The van der Waals surface area contributed by atoms with Crippen LogP contribution in [-0.4, -0.2) is 55.7 Å². The van der Waals surface area contributed by atoms with E-state index in [1.807, 2.05) is 0 Å². The molecule has 0 spiro atoms. The van der Waals surface area contributed by atoms with Gasteiger partial charge in [-0.05, 0) is 12.8 Å². The number of esters is 2. The number of hydrogen-bond donors (Lipinski definition) is 1. The second-order valence-corrected chi connectivity index (χ2v) is 16.1. The number of carbonyl (C=O) groups is 2. The fourth-order valence-corrected chi connectivity index (χ4v) is 6.59. The van der Waals surface area contributed by atoms with Crippen LogP contribution in [0.4, 0.5) is 0 Å². The van der Waals surface area contributed by atoms with Crippen LogP contribution in [0, 0.1) is 0 Å². The fourth-order valence-electron chi connectivity index (χ4n) is 5.45. The van der Waals surface area contributed by atoms with Gasteiger partial charge in [0.15, 0.2) is 6.10 Å². The first kappa shape index (κ1) is 50.1.